The number of carbonyl (C=O) groups excluding carboxylic acids is 1. The van der Waals surface area contributed by atoms with Gasteiger partial charge in [0.25, 0.3) is 5.91 Å². The van der Waals surface area contributed by atoms with Gasteiger partial charge in [-0.15, -0.1) is 11.8 Å². The molecule has 0 unspecified atom stereocenters. The van der Waals surface area contributed by atoms with Crippen molar-refractivity contribution in [1.82, 2.24) is 4.90 Å². The number of amides is 1. The molecule has 3 rings (SSSR count). The van der Waals surface area contributed by atoms with Crippen LogP contribution in [-0.2, 0) is 6.54 Å². The van der Waals surface area contributed by atoms with Gasteiger partial charge in [-0.25, -0.2) is 0 Å². The molecule has 0 aromatic heterocycles. The fraction of sp³-hybridized carbons (Fsp3) is 0.545. The molecule has 1 amide bonds. The number of benzene rings is 2. The molecule has 0 saturated carbocycles. The molecule has 1 aliphatic rings. The van der Waals surface area contributed by atoms with Gasteiger partial charge >= 0.3 is 0 Å². The van der Waals surface area contributed by atoms with E-state index in [1.54, 1.807) is 11.8 Å². The summed E-state index contributed by atoms with van der Waals surface area (Å²) in [6.07, 6.45) is 21.0. The van der Waals surface area contributed by atoms with Crippen LogP contribution in [0.4, 0.5) is 5.69 Å². The van der Waals surface area contributed by atoms with Gasteiger partial charge in [0.05, 0.1) is 18.2 Å². The van der Waals surface area contributed by atoms with E-state index in [-0.39, 0.29) is 5.91 Å². The van der Waals surface area contributed by atoms with Crippen LogP contribution in [0.3, 0.4) is 0 Å². The van der Waals surface area contributed by atoms with E-state index >= 15 is 0 Å². The summed E-state index contributed by atoms with van der Waals surface area (Å²) in [6.45, 7) is 3.83. The summed E-state index contributed by atoms with van der Waals surface area (Å²) in [6, 6.07) is 15.6. The van der Waals surface area contributed by atoms with Gasteiger partial charge in [0.15, 0.2) is 0 Å². The Morgan fingerprint density at radius 3 is 2.03 bits per heavy atom. The van der Waals surface area contributed by atoms with Crippen LogP contribution in [0.25, 0.3) is 0 Å². The summed E-state index contributed by atoms with van der Waals surface area (Å²) in [4.78, 5) is 15.1. The van der Waals surface area contributed by atoms with E-state index in [9.17, 15) is 4.79 Å². The third-order valence-corrected chi connectivity index (χ3v) is 7.90. The lowest BCUT2D eigenvalue weighted by Crippen LogP contribution is -2.14. The third kappa shape index (κ3) is 12.0. The molecule has 5 heteroatoms. The number of rotatable bonds is 20. The van der Waals surface area contributed by atoms with E-state index in [0.717, 1.165) is 30.3 Å². The molecule has 0 aliphatic carbocycles. The first kappa shape index (κ1) is 30.1. The minimum absolute atomic E-state index is 0.110. The predicted molar refractivity (Wildman–Crippen MR) is 164 cm³/mol. The molecule has 38 heavy (non-hydrogen) atoms. The van der Waals surface area contributed by atoms with Crippen molar-refractivity contribution in [3.8, 4) is 5.75 Å². The van der Waals surface area contributed by atoms with Crippen LogP contribution < -0.4 is 10.1 Å². The van der Waals surface area contributed by atoms with Crippen LogP contribution in [0.1, 0.15) is 113 Å². The second-order valence-corrected chi connectivity index (χ2v) is 11.3. The third-order valence-electron chi connectivity index (χ3n) is 7.10. The molecule has 0 atom stereocenters. The number of hydrogen-bond donors (Lipinski definition) is 1. The molecule has 4 nitrogen and oxygen atoms in total. The van der Waals surface area contributed by atoms with Gasteiger partial charge < -0.3 is 15.0 Å². The number of nitrogens with one attached hydrogen (secondary N) is 1. The number of unbranched alkanes of at least 4 members (excludes halogenated alkanes) is 13. The number of thioether (sulfide) groups is 1. The summed E-state index contributed by atoms with van der Waals surface area (Å²) in [5, 5.41) is 5.14. The van der Waals surface area contributed by atoms with Crippen molar-refractivity contribution in [3.63, 3.8) is 0 Å². The standard InChI is InChI=1S/C33H48N2O2S/c1-2-3-4-5-6-7-8-9-10-11-12-13-14-17-25-37-32-19-16-15-18-31(32)34-33(36)30-22-20-29(21-23-30)27-35-24-26-38-28-35/h15-16,18-24,26H,2-14,17,25,27-28H2,1H3,(H,34,36). The maximum Gasteiger partial charge on any atom is 0.255 e. The van der Waals surface area contributed by atoms with Crippen LogP contribution >= 0.6 is 11.8 Å². The SMILES string of the molecule is CCCCCCCCCCCCCCCCOc1ccccc1NC(=O)c1ccc(CN2C=CSC2)cc1. The van der Waals surface area contributed by atoms with E-state index in [0.29, 0.717) is 12.2 Å². The van der Waals surface area contributed by atoms with Crippen LogP contribution in [0, 0.1) is 0 Å². The smallest absolute Gasteiger partial charge is 0.255 e. The topological polar surface area (TPSA) is 41.6 Å². The number of hydrogen-bond acceptors (Lipinski definition) is 4. The minimum atomic E-state index is -0.110. The molecular formula is C33H48N2O2S. The highest BCUT2D eigenvalue weighted by Gasteiger charge is 2.11. The quantitative estimate of drug-likeness (QED) is 0.171. The molecule has 0 fully saturated rings. The molecule has 2 aromatic rings. The lowest BCUT2D eigenvalue weighted by molar-refractivity contribution is 0.102. The number of ether oxygens (including phenoxy) is 1. The fourth-order valence-corrected chi connectivity index (χ4v) is 5.49. The first-order valence-electron chi connectivity index (χ1n) is 14.9. The van der Waals surface area contributed by atoms with Crippen LogP contribution in [0.15, 0.2) is 60.1 Å². The van der Waals surface area contributed by atoms with Crippen molar-refractivity contribution >= 4 is 23.4 Å². The lowest BCUT2D eigenvalue weighted by atomic mass is 10.0. The number of carbonyl (C=O) groups is 1. The molecule has 0 radical (unpaired) electrons. The van der Waals surface area contributed by atoms with Gasteiger partial charge in [0.1, 0.15) is 5.75 Å². The molecule has 0 spiro atoms. The van der Waals surface area contributed by atoms with Gasteiger partial charge in [-0.2, -0.15) is 0 Å². The molecule has 2 aromatic carbocycles. The van der Waals surface area contributed by atoms with Gasteiger partial charge in [-0.05, 0) is 41.7 Å². The zero-order valence-electron chi connectivity index (χ0n) is 23.5. The Hall–Kier alpha value is -2.40. The monoisotopic (exact) mass is 536 g/mol. The highest BCUT2D eigenvalue weighted by molar-refractivity contribution is 8.02. The Morgan fingerprint density at radius 2 is 1.42 bits per heavy atom. The summed E-state index contributed by atoms with van der Waals surface area (Å²) in [5.41, 5.74) is 2.58. The Bertz CT molecular complexity index is 944. The van der Waals surface area contributed by atoms with Crippen molar-refractivity contribution in [2.45, 2.75) is 103 Å². The van der Waals surface area contributed by atoms with E-state index < -0.39 is 0 Å². The van der Waals surface area contributed by atoms with Crippen molar-refractivity contribution in [2.75, 3.05) is 17.8 Å². The largest absolute Gasteiger partial charge is 0.491 e. The van der Waals surface area contributed by atoms with Crippen molar-refractivity contribution in [2.24, 2.45) is 0 Å². The summed E-state index contributed by atoms with van der Waals surface area (Å²) in [7, 11) is 0. The van der Waals surface area contributed by atoms with Gasteiger partial charge in [0.2, 0.25) is 0 Å². The van der Waals surface area contributed by atoms with Crippen LogP contribution in [-0.4, -0.2) is 23.3 Å². The Morgan fingerprint density at radius 1 is 0.816 bits per heavy atom. The number of anilines is 1. The van der Waals surface area contributed by atoms with Crippen molar-refractivity contribution in [3.05, 3.63) is 71.3 Å². The first-order chi connectivity index (χ1) is 18.8. The molecule has 1 N–H and O–H groups in total. The lowest BCUT2D eigenvalue weighted by Gasteiger charge is -2.15. The Kier molecular flexibility index (Phi) is 14.9. The van der Waals surface area contributed by atoms with E-state index in [2.05, 4.69) is 28.7 Å². The van der Waals surface area contributed by atoms with Gasteiger partial charge in [-0.3, -0.25) is 4.79 Å². The second kappa shape index (κ2) is 18.8. The highest BCUT2D eigenvalue weighted by Crippen LogP contribution is 2.25. The van der Waals surface area contributed by atoms with E-state index in [1.165, 1.54) is 89.0 Å². The van der Waals surface area contributed by atoms with Crippen molar-refractivity contribution < 1.29 is 9.53 Å². The molecule has 0 saturated heterocycles. The fourth-order valence-electron chi connectivity index (χ4n) is 4.77. The Balaban J connectivity index is 1.26. The zero-order chi connectivity index (χ0) is 26.7. The van der Waals surface area contributed by atoms with E-state index in [1.807, 2.05) is 48.5 Å². The zero-order valence-corrected chi connectivity index (χ0v) is 24.3. The molecular weight excluding hydrogens is 488 g/mol. The average Bonchev–Trinajstić information content (AvgIpc) is 3.45. The molecule has 1 heterocycles. The number of para-hydroxylation sites is 2. The normalized spacial score (nSPS) is 12.7. The maximum absolute atomic E-state index is 12.8. The van der Waals surface area contributed by atoms with Crippen LogP contribution in [0.2, 0.25) is 0 Å². The maximum atomic E-state index is 12.8. The predicted octanol–water partition coefficient (Wildman–Crippen LogP) is 9.78. The van der Waals surface area contributed by atoms with Crippen LogP contribution in [0.5, 0.6) is 5.75 Å². The minimum Gasteiger partial charge on any atom is -0.491 e. The first-order valence-corrected chi connectivity index (χ1v) is 16.0. The second-order valence-electron chi connectivity index (χ2n) is 10.4. The Labute approximate surface area is 235 Å². The molecule has 208 valence electrons. The molecule has 0 bridgehead atoms. The number of nitrogens with zero attached hydrogens (tertiary/aromatic N) is 1. The highest BCUT2D eigenvalue weighted by atomic mass is 32.2. The van der Waals surface area contributed by atoms with Crippen molar-refractivity contribution in [1.29, 1.82) is 0 Å². The van der Waals surface area contributed by atoms with Gasteiger partial charge in [0, 0.05) is 18.3 Å². The summed E-state index contributed by atoms with van der Waals surface area (Å²) >= 11 is 1.80. The van der Waals surface area contributed by atoms with E-state index in [4.69, 9.17) is 4.74 Å². The average molecular weight is 537 g/mol. The molecule has 1 aliphatic heterocycles. The summed E-state index contributed by atoms with van der Waals surface area (Å²) < 4.78 is 6.05. The summed E-state index contributed by atoms with van der Waals surface area (Å²) in [5.74, 6) is 1.62. The van der Waals surface area contributed by atoms with Gasteiger partial charge in [-0.1, -0.05) is 115 Å².